The predicted molar refractivity (Wildman–Crippen MR) is 10.6 cm³/mol. The molecule has 1 nitrogen and oxygen atoms in total. The molecule has 4 heavy (non-hydrogen) atoms. The zero-order valence-corrected chi connectivity index (χ0v) is 3.34. The zero-order valence-electron chi connectivity index (χ0n) is 1.12. The van der Waals surface area contributed by atoms with Crippen LogP contribution in [0, 0.1) is 0 Å². The molecular formula is H3AlCoMnO. The molecule has 4 heteroatoms. The van der Waals surface area contributed by atoms with Crippen LogP contribution in [0.15, 0.2) is 0 Å². The van der Waals surface area contributed by atoms with Crippen molar-refractivity contribution < 1.29 is 36.6 Å². The van der Waals surface area contributed by atoms with Gasteiger partial charge in [0.05, 0.1) is 0 Å². The summed E-state index contributed by atoms with van der Waals surface area (Å²) in [4.78, 5) is 0. The van der Waals surface area contributed by atoms with Crippen molar-refractivity contribution in [3.8, 4) is 0 Å². The van der Waals surface area contributed by atoms with E-state index in [-0.39, 0.29) is 34.1 Å². The van der Waals surface area contributed by atoms with E-state index in [1.807, 2.05) is 0 Å². The Morgan fingerprint density at radius 1 is 1.25 bits per heavy atom. The Morgan fingerprint density at radius 3 is 1.25 bits per heavy atom. The Kier molecular flexibility index (Phi) is 122. The van der Waals surface area contributed by atoms with E-state index in [0.29, 0.717) is 0 Å². The number of hydrogen-bond donors (Lipinski definition) is 0. The molecule has 0 spiro atoms. The molecule has 0 bridgehead atoms. The van der Waals surface area contributed by atoms with Crippen LogP contribution in [0.3, 0.4) is 0 Å². The normalized spacial score (nSPS) is 1.00. The van der Waals surface area contributed by atoms with Crippen molar-refractivity contribution in [3.05, 3.63) is 0 Å². The molecule has 0 aromatic heterocycles. The van der Waals surface area contributed by atoms with Crippen molar-refractivity contribution in [1.29, 1.82) is 0 Å². The summed E-state index contributed by atoms with van der Waals surface area (Å²) < 4.78 is 8.06. The third-order valence-corrected chi connectivity index (χ3v) is 0. The fourth-order valence-corrected chi connectivity index (χ4v) is 0. The SMILES string of the molecule is [AlH3].[Co].[O]=[Mn]. The van der Waals surface area contributed by atoms with Gasteiger partial charge in [-0.25, -0.2) is 0 Å². The van der Waals surface area contributed by atoms with Crippen LogP contribution in [0.2, 0.25) is 0 Å². The quantitative estimate of drug-likeness (QED) is 0.402. The minimum absolute atomic E-state index is 0. The summed E-state index contributed by atoms with van der Waals surface area (Å²) in [5.74, 6) is 0. The van der Waals surface area contributed by atoms with Crippen LogP contribution < -0.4 is 0 Å². The predicted octanol–water partition coefficient (Wildman–Crippen LogP) is -1.31. The third-order valence-electron chi connectivity index (χ3n) is 0. The van der Waals surface area contributed by atoms with Crippen LogP contribution in [-0.2, 0) is 36.6 Å². The van der Waals surface area contributed by atoms with E-state index < -0.39 is 0 Å². The molecule has 0 amide bonds. The van der Waals surface area contributed by atoms with E-state index in [0.717, 1.165) is 0 Å². The van der Waals surface area contributed by atoms with Crippen LogP contribution in [0.4, 0.5) is 0 Å². The second-order valence-corrected chi connectivity index (χ2v) is 0. The molecule has 0 aliphatic carbocycles. The van der Waals surface area contributed by atoms with Crippen LogP contribution in [0.5, 0.6) is 0 Å². The van der Waals surface area contributed by atoms with E-state index >= 15 is 0 Å². The molecule has 1 radical (unpaired) electrons. The second kappa shape index (κ2) is 26.6. The fourth-order valence-electron chi connectivity index (χ4n) is 0. The van der Waals surface area contributed by atoms with Crippen LogP contribution >= 0.6 is 0 Å². The van der Waals surface area contributed by atoms with Crippen molar-refractivity contribution in [1.82, 2.24) is 0 Å². The van der Waals surface area contributed by atoms with Gasteiger partial charge in [0, 0.05) is 16.8 Å². The van der Waals surface area contributed by atoms with Crippen molar-refractivity contribution in [3.63, 3.8) is 0 Å². The molecule has 0 aliphatic rings. The van der Waals surface area contributed by atoms with Crippen molar-refractivity contribution in [2.24, 2.45) is 0 Å². The van der Waals surface area contributed by atoms with E-state index in [4.69, 9.17) is 3.83 Å². The van der Waals surface area contributed by atoms with Gasteiger partial charge in [-0.1, -0.05) is 0 Å². The molecule has 0 atom stereocenters. The Labute approximate surface area is 53.9 Å². The molecule has 0 saturated heterocycles. The molecule has 0 N–H and O–H groups in total. The van der Waals surface area contributed by atoms with Crippen LogP contribution in [0.1, 0.15) is 0 Å². The standard InChI is InChI=1S/Al.Co.Mn.O.3H. The summed E-state index contributed by atoms with van der Waals surface area (Å²) in [7, 11) is 0. The van der Waals surface area contributed by atoms with Crippen molar-refractivity contribution in [2.75, 3.05) is 0 Å². The van der Waals surface area contributed by atoms with E-state index in [2.05, 4.69) is 0 Å². The Bertz CT molecular complexity index is 8.00. The van der Waals surface area contributed by atoms with Gasteiger partial charge in [-0.3, -0.25) is 0 Å². The van der Waals surface area contributed by atoms with E-state index in [1.165, 1.54) is 0 Å². The summed E-state index contributed by atoms with van der Waals surface area (Å²) in [6.07, 6.45) is 0. The summed E-state index contributed by atoms with van der Waals surface area (Å²) in [6, 6.07) is 0. The number of hydrogen-bond acceptors (Lipinski definition) is 1. The Hall–Kier alpha value is 1.36. The maximum atomic E-state index is 8.06. The van der Waals surface area contributed by atoms with Gasteiger partial charge in [-0.15, -0.1) is 0 Å². The fraction of sp³-hybridized carbons (Fsp3) is 0. The summed E-state index contributed by atoms with van der Waals surface area (Å²) in [5.41, 5.74) is 0. The summed E-state index contributed by atoms with van der Waals surface area (Å²) >= 11 is 1.69. The first kappa shape index (κ1) is 18.3. The van der Waals surface area contributed by atoms with E-state index in [1.54, 1.807) is 15.9 Å². The number of rotatable bonds is 0. The molecule has 0 fully saturated rings. The zero-order chi connectivity index (χ0) is 2.00. The molecule has 0 aromatic rings. The molecule has 0 aromatic carbocycles. The van der Waals surface area contributed by atoms with Gasteiger partial charge >= 0.3 is 19.8 Å². The minimum atomic E-state index is 0. The maximum absolute atomic E-state index is 8.06. The van der Waals surface area contributed by atoms with Gasteiger partial charge in [0.1, 0.15) is 0 Å². The molecule has 28 valence electrons. The Balaban J connectivity index is -0.00000000500. The third kappa shape index (κ3) is 10.1. The molecule has 0 saturated carbocycles. The molecule has 0 heterocycles. The average molecular weight is 160 g/mol. The molecular weight excluding hydrogens is 157 g/mol. The molecule has 0 unspecified atom stereocenters. The van der Waals surface area contributed by atoms with Gasteiger partial charge in [-0.2, -0.15) is 0 Å². The first-order valence-corrected chi connectivity index (χ1v) is 0.636. The first-order chi connectivity index (χ1) is 1.00. The first-order valence-electron chi connectivity index (χ1n) is 0.154. The topological polar surface area (TPSA) is 17.1 Å². The molecule has 0 aliphatic heterocycles. The van der Waals surface area contributed by atoms with E-state index in [9.17, 15) is 0 Å². The van der Waals surface area contributed by atoms with Gasteiger partial charge < -0.3 is 0 Å². The van der Waals surface area contributed by atoms with Crippen molar-refractivity contribution in [2.45, 2.75) is 0 Å². The molecule has 0 rings (SSSR count). The Morgan fingerprint density at radius 2 is 1.25 bits per heavy atom. The van der Waals surface area contributed by atoms with Gasteiger partial charge in [0.2, 0.25) is 0 Å². The van der Waals surface area contributed by atoms with Crippen LogP contribution in [0.25, 0.3) is 0 Å². The summed E-state index contributed by atoms with van der Waals surface area (Å²) in [5, 5.41) is 0. The average Bonchev–Trinajstić information content (AvgIpc) is 1.00. The van der Waals surface area contributed by atoms with Gasteiger partial charge in [0.15, 0.2) is 17.4 Å². The second-order valence-electron chi connectivity index (χ2n) is 0. The van der Waals surface area contributed by atoms with Crippen LogP contribution in [-0.4, -0.2) is 17.4 Å². The van der Waals surface area contributed by atoms with Gasteiger partial charge in [0.25, 0.3) is 0 Å². The van der Waals surface area contributed by atoms with Gasteiger partial charge in [-0.05, 0) is 0 Å². The van der Waals surface area contributed by atoms with Crippen molar-refractivity contribution >= 4 is 17.4 Å². The summed E-state index contributed by atoms with van der Waals surface area (Å²) in [6.45, 7) is 0. The monoisotopic (exact) mass is 160 g/mol.